The van der Waals surface area contributed by atoms with Gasteiger partial charge in [0.05, 0.1) is 6.10 Å². The number of aromatic amines is 1. The Balaban J connectivity index is 1.37. The zero-order valence-corrected chi connectivity index (χ0v) is 24.1. The summed E-state index contributed by atoms with van der Waals surface area (Å²) in [5, 5.41) is 20.1. The van der Waals surface area contributed by atoms with Crippen molar-refractivity contribution < 1.29 is 24.3 Å². The molecule has 226 valence electrons. The molecule has 10 heteroatoms. The predicted octanol–water partition coefficient (Wildman–Crippen LogP) is 1.63. The molecule has 0 unspecified atom stereocenters. The van der Waals surface area contributed by atoms with Crippen molar-refractivity contribution in [2.45, 2.75) is 56.0 Å². The summed E-state index contributed by atoms with van der Waals surface area (Å²) in [5.41, 5.74) is 3.36. The number of H-pyrrole nitrogens is 1. The molecule has 0 spiro atoms. The van der Waals surface area contributed by atoms with Crippen LogP contribution in [0.25, 0.3) is 10.9 Å². The average molecular weight is 594 g/mol. The Bertz CT molecular complexity index is 1660. The maximum Gasteiger partial charge on any atom is 0.246 e. The van der Waals surface area contributed by atoms with E-state index in [1.807, 2.05) is 91.1 Å². The van der Waals surface area contributed by atoms with Crippen LogP contribution in [0.1, 0.15) is 23.1 Å². The molecule has 2 aliphatic rings. The maximum atomic E-state index is 14.0. The van der Waals surface area contributed by atoms with Gasteiger partial charge in [-0.1, -0.05) is 78.9 Å². The topological polar surface area (TPSA) is 144 Å². The maximum absolute atomic E-state index is 14.0. The molecule has 6 rings (SSSR count). The number of nitrogens with one attached hydrogen (secondary N) is 4. The zero-order chi connectivity index (χ0) is 30.6. The van der Waals surface area contributed by atoms with Gasteiger partial charge < -0.3 is 30.9 Å². The molecule has 4 aromatic rings. The third-order valence-electron chi connectivity index (χ3n) is 8.41. The van der Waals surface area contributed by atoms with Crippen LogP contribution in [-0.4, -0.2) is 75.4 Å². The number of carbonyl (C=O) groups excluding carboxylic acids is 4. The molecular weight excluding hydrogens is 558 g/mol. The molecule has 0 bridgehead atoms. The third kappa shape index (κ3) is 6.35. The number of para-hydroxylation sites is 1. The summed E-state index contributed by atoms with van der Waals surface area (Å²) in [6.45, 7) is -0.0492. The van der Waals surface area contributed by atoms with Crippen molar-refractivity contribution in [1.82, 2.24) is 25.8 Å². The molecule has 2 saturated heterocycles. The molecule has 5 N–H and O–H groups in total. The van der Waals surface area contributed by atoms with Crippen LogP contribution in [0.15, 0.2) is 91.1 Å². The largest absolute Gasteiger partial charge is 0.391 e. The first-order chi connectivity index (χ1) is 21.4. The van der Waals surface area contributed by atoms with Gasteiger partial charge in [0.1, 0.15) is 24.2 Å². The molecule has 0 saturated carbocycles. The van der Waals surface area contributed by atoms with E-state index in [9.17, 15) is 24.3 Å². The van der Waals surface area contributed by atoms with E-state index in [-0.39, 0.29) is 32.2 Å². The number of hydrogen-bond acceptors (Lipinski definition) is 5. The van der Waals surface area contributed by atoms with Gasteiger partial charge in [0.15, 0.2) is 0 Å². The molecule has 0 aliphatic carbocycles. The van der Waals surface area contributed by atoms with Crippen LogP contribution in [-0.2, 0) is 38.4 Å². The van der Waals surface area contributed by atoms with E-state index in [0.29, 0.717) is 0 Å². The Hall–Kier alpha value is -4.96. The fraction of sp³-hybridized carbons (Fsp3) is 0.294. The predicted molar refractivity (Wildman–Crippen MR) is 164 cm³/mol. The molecule has 3 heterocycles. The van der Waals surface area contributed by atoms with Crippen LogP contribution in [0.5, 0.6) is 0 Å². The lowest BCUT2D eigenvalue weighted by molar-refractivity contribution is -0.143. The summed E-state index contributed by atoms with van der Waals surface area (Å²) in [6.07, 6.45) is 1.45. The minimum Gasteiger partial charge on any atom is -0.391 e. The highest BCUT2D eigenvalue weighted by Crippen LogP contribution is 2.23. The molecule has 5 atom stereocenters. The van der Waals surface area contributed by atoms with E-state index in [1.54, 1.807) is 0 Å². The molecule has 1 aromatic heterocycles. The van der Waals surface area contributed by atoms with E-state index in [1.165, 1.54) is 4.90 Å². The van der Waals surface area contributed by atoms with Crippen LogP contribution >= 0.6 is 0 Å². The number of rotatable bonds is 6. The summed E-state index contributed by atoms with van der Waals surface area (Å²) in [5.74, 6) is -2.01. The lowest BCUT2D eigenvalue weighted by atomic mass is 9.99. The monoisotopic (exact) mass is 593 g/mol. The Kier molecular flexibility index (Phi) is 8.42. The van der Waals surface area contributed by atoms with Crippen molar-refractivity contribution >= 4 is 34.5 Å². The number of benzene rings is 3. The fourth-order valence-electron chi connectivity index (χ4n) is 6.16. The summed E-state index contributed by atoms with van der Waals surface area (Å²) in [6, 6.07) is 22.2. The highest BCUT2D eigenvalue weighted by atomic mass is 16.3. The molecule has 2 fully saturated rings. The second-order valence-electron chi connectivity index (χ2n) is 11.5. The van der Waals surface area contributed by atoms with Gasteiger partial charge in [-0.15, -0.1) is 0 Å². The number of aliphatic hydroxyl groups excluding tert-OH is 1. The van der Waals surface area contributed by atoms with Gasteiger partial charge in [-0.05, 0) is 22.8 Å². The molecule has 3 aromatic carbocycles. The lowest BCUT2D eigenvalue weighted by Crippen LogP contribution is -2.62. The fourth-order valence-corrected chi connectivity index (χ4v) is 6.16. The van der Waals surface area contributed by atoms with E-state index < -0.39 is 53.9 Å². The van der Waals surface area contributed by atoms with Gasteiger partial charge in [-0.3, -0.25) is 19.2 Å². The number of aromatic nitrogens is 1. The molecule has 10 nitrogen and oxygen atoms in total. The van der Waals surface area contributed by atoms with Crippen molar-refractivity contribution in [3.05, 3.63) is 108 Å². The highest BCUT2D eigenvalue weighted by molar-refractivity contribution is 5.98. The summed E-state index contributed by atoms with van der Waals surface area (Å²) in [7, 11) is 0. The number of hydrogen-bond donors (Lipinski definition) is 5. The van der Waals surface area contributed by atoms with Crippen molar-refractivity contribution in [1.29, 1.82) is 0 Å². The molecule has 0 radical (unpaired) electrons. The van der Waals surface area contributed by atoms with Gasteiger partial charge >= 0.3 is 0 Å². The van der Waals surface area contributed by atoms with E-state index in [4.69, 9.17) is 0 Å². The van der Waals surface area contributed by atoms with Gasteiger partial charge in [0.25, 0.3) is 0 Å². The standard InChI is InChI=1S/C34H35N5O5/c40-24-18-30-33(43)37-27(15-21-9-3-1-4-10-21)31(41)36-28(17-23-19-35-26-14-8-7-13-25(23)26)32(42)38-29(34(44)39(30)20-24)16-22-11-5-2-6-12-22/h1-14,19,24,27-30,35,40H,15-18,20H2,(H,36,41)(H,37,43)(H,38,42)/t24-,27-,28+,29-,30+/m0/s1. The number of aliphatic hydroxyl groups is 1. The minimum absolute atomic E-state index is 0.0342. The van der Waals surface area contributed by atoms with Crippen LogP contribution < -0.4 is 16.0 Å². The first kappa shape index (κ1) is 29.1. The Morgan fingerprint density at radius 2 is 1.20 bits per heavy atom. The van der Waals surface area contributed by atoms with Crippen molar-refractivity contribution in [3.63, 3.8) is 0 Å². The second kappa shape index (κ2) is 12.7. The Labute approximate surface area is 254 Å². The van der Waals surface area contributed by atoms with Crippen LogP contribution in [0.2, 0.25) is 0 Å². The average Bonchev–Trinajstić information content (AvgIpc) is 3.63. The van der Waals surface area contributed by atoms with Crippen LogP contribution in [0.3, 0.4) is 0 Å². The number of fused-ring (bicyclic) bond motifs is 2. The Morgan fingerprint density at radius 3 is 1.89 bits per heavy atom. The van der Waals surface area contributed by atoms with E-state index in [2.05, 4.69) is 20.9 Å². The minimum atomic E-state index is -1.04. The molecule has 2 aliphatic heterocycles. The molecular formula is C34H35N5O5. The number of nitrogens with zero attached hydrogens (tertiary/aromatic N) is 1. The van der Waals surface area contributed by atoms with Crippen molar-refractivity contribution in [3.8, 4) is 0 Å². The third-order valence-corrected chi connectivity index (χ3v) is 8.41. The SMILES string of the molecule is O=C1N[C@H](Cc2c[nH]c3ccccc23)C(=O)N[C@@H](Cc2ccccc2)C(=O)N2C[C@@H](O)C[C@@H]2C(=O)N[C@H]1Cc1ccccc1. The van der Waals surface area contributed by atoms with E-state index in [0.717, 1.165) is 27.6 Å². The van der Waals surface area contributed by atoms with Gasteiger partial charge in [-0.25, -0.2) is 0 Å². The first-order valence-electron chi connectivity index (χ1n) is 14.9. The quantitative estimate of drug-likeness (QED) is 0.231. The smallest absolute Gasteiger partial charge is 0.246 e. The van der Waals surface area contributed by atoms with Gasteiger partial charge in [0, 0.05) is 49.3 Å². The van der Waals surface area contributed by atoms with Crippen LogP contribution in [0, 0.1) is 0 Å². The first-order valence-corrected chi connectivity index (χ1v) is 14.9. The normalized spacial score (nSPS) is 24.6. The zero-order valence-electron chi connectivity index (χ0n) is 24.1. The van der Waals surface area contributed by atoms with Crippen molar-refractivity contribution in [2.24, 2.45) is 0 Å². The molecule has 4 amide bonds. The lowest BCUT2D eigenvalue weighted by Gasteiger charge is -2.32. The summed E-state index contributed by atoms with van der Waals surface area (Å²) < 4.78 is 0. The number of amides is 4. The second-order valence-corrected chi connectivity index (χ2v) is 11.5. The Morgan fingerprint density at radius 1 is 0.659 bits per heavy atom. The molecule has 44 heavy (non-hydrogen) atoms. The number of carbonyl (C=O) groups is 4. The van der Waals surface area contributed by atoms with Crippen LogP contribution in [0.4, 0.5) is 0 Å². The van der Waals surface area contributed by atoms with Gasteiger partial charge in [-0.2, -0.15) is 0 Å². The summed E-state index contributed by atoms with van der Waals surface area (Å²) >= 11 is 0. The van der Waals surface area contributed by atoms with Crippen molar-refractivity contribution in [2.75, 3.05) is 6.54 Å². The van der Waals surface area contributed by atoms with E-state index >= 15 is 0 Å². The summed E-state index contributed by atoms with van der Waals surface area (Å²) in [4.78, 5) is 60.2. The van der Waals surface area contributed by atoms with Gasteiger partial charge in [0.2, 0.25) is 23.6 Å². The highest BCUT2D eigenvalue weighted by Gasteiger charge is 2.43.